The molecule has 78 valence electrons. The van der Waals surface area contributed by atoms with Gasteiger partial charge in [-0.2, -0.15) is 13.2 Å². The Balaban J connectivity index is 2.94. The minimum Gasteiger partial charge on any atom is -0.405 e. The van der Waals surface area contributed by atoms with E-state index in [9.17, 15) is 13.2 Å². The zero-order chi connectivity index (χ0) is 10.9. The average molecular weight is 210 g/mol. The SMILES string of the molecule is Cc1cc(C(F)(F)F)nn1OB(O)O. The fraction of sp³-hybridized carbons (Fsp3) is 0.400. The minimum atomic E-state index is -4.58. The van der Waals surface area contributed by atoms with Crippen LogP contribution in [0.1, 0.15) is 11.4 Å². The van der Waals surface area contributed by atoms with Crippen LogP contribution in [0.25, 0.3) is 0 Å². The molecule has 2 N–H and O–H groups in total. The lowest BCUT2D eigenvalue weighted by atomic mass is 10.3. The van der Waals surface area contributed by atoms with Crippen LogP contribution in [0.2, 0.25) is 0 Å². The third kappa shape index (κ3) is 2.39. The highest BCUT2D eigenvalue weighted by Gasteiger charge is 2.35. The summed E-state index contributed by atoms with van der Waals surface area (Å²) in [7, 11) is -2.21. The van der Waals surface area contributed by atoms with Crippen LogP contribution in [0.5, 0.6) is 0 Å². The van der Waals surface area contributed by atoms with Crippen molar-refractivity contribution in [1.82, 2.24) is 9.94 Å². The van der Waals surface area contributed by atoms with Gasteiger partial charge in [-0.15, -0.1) is 9.94 Å². The molecule has 0 radical (unpaired) electrons. The fourth-order valence-corrected chi connectivity index (χ4v) is 0.793. The van der Waals surface area contributed by atoms with E-state index in [4.69, 9.17) is 10.0 Å². The van der Waals surface area contributed by atoms with Gasteiger partial charge in [0.1, 0.15) is 0 Å². The predicted octanol–water partition coefficient (Wildman–Crippen LogP) is -0.392. The number of halogens is 3. The number of rotatable bonds is 2. The highest BCUT2D eigenvalue weighted by Crippen LogP contribution is 2.28. The van der Waals surface area contributed by atoms with Crippen LogP contribution in [-0.2, 0) is 6.18 Å². The summed E-state index contributed by atoms with van der Waals surface area (Å²) in [4.78, 5) is 0.396. The number of hydrogen-bond acceptors (Lipinski definition) is 4. The van der Waals surface area contributed by atoms with Crippen LogP contribution < -0.4 is 4.76 Å². The molecule has 1 aromatic rings. The molecule has 0 atom stereocenters. The van der Waals surface area contributed by atoms with Crippen molar-refractivity contribution in [3.05, 3.63) is 17.5 Å². The Kier molecular flexibility index (Phi) is 2.72. The molecular formula is C5H6BF3N2O3. The molecule has 0 amide bonds. The Morgan fingerprint density at radius 2 is 2.07 bits per heavy atom. The van der Waals surface area contributed by atoms with E-state index in [1.165, 1.54) is 6.92 Å². The summed E-state index contributed by atoms with van der Waals surface area (Å²) in [5.41, 5.74) is -1.15. The predicted molar refractivity (Wildman–Crippen MR) is 38.7 cm³/mol. The molecule has 0 aliphatic carbocycles. The normalized spacial score (nSPS) is 11.6. The lowest BCUT2D eigenvalue weighted by molar-refractivity contribution is -0.142. The third-order valence-corrected chi connectivity index (χ3v) is 1.33. The summed E-state index contributed by atoms with van der Waals surface area (Å²) < 4.78 is 40.3. The molecule has 0 aromatic carbocycles. The quantitative estimate of drug-likeness (QED) is 0.652. The first-order chi connectivity index (χ1) is 6.30. The number of alkyl halides is 3. The molecular weight excluding hydrogens is 204 g/mol. The lowest BCUT2D eigenvalue weighted by Gasteiger charge is -2.04. The van der Waals surface area contributed by atoms with Crippen molar-refractivity contribution < 1.29 is 28.0 Å². The molecule has 5 nitrogen and oxygen atoms in total. The first-order valence-corrected chi connectivity index (χ1v) is 3.48. The number of aromatic nitrogens is 2. The number of aryl methyl sites for hydroxylation is 1. The van der Waals surface area contributed by atoms with Crippen molar-refractivity contribution in [3.63, 3.8) is 0 Å². The monoisotopic (exact) mass is 210 g/mol. The number of hydrogen-bond donors (Lipinski definition) is 2. The standard InChI is InChI=1S/C5H6BF3N2O3/c1-3-2-4(5(7,8)9)10-11(3)14-6(12)13/h2,12-13H,1H3. The van der Waals surface area contributed by atoms with E-state index in [0.29, 0.717) is 4.85 Å². The topological polar surface area (TPSA) is 67.5 Å². The largest absolute Gasteiger partial charge is 0.729 e. The van der Waals surface area contributed by atoms with Crippen LogP contribution in [-0.4, -0.2) is 27.3 Å². The third-order valence-electron chi connectivity index (χ3n) is 1.33. The van der Waals surface area contributed by atoms with E-state index < -0.39 is 19.2 Å². The number of nitrogens with zero attached hydrogens (tertiary/aromatic N) is 2. The highest BCUT2D eigenvalue weighted by atomic mass is 19.4. The van der Waals surface area contributed by atoms with Crippen LogP contribution in [0.15, 0.2) is 6.07 Å². The molecule has 1 aromatic heterocycles. The van der Waals surface area contributed by atoms with Gasteiger partial charge in [0.2, 0.25) is 0 Å². The molecule has 0 aliphatic heterocycles. The zero-order valence-corrected chi connectivity index (χ0v) is 6.99. The Morgan fingerprint density at radius 3 is 2.43 bits per heavy atom. The van der Waals surface area contributed by atoms with Crippen LogP contribution in [0.3, 0.4) is 0 Å². The van der Waals surface area contributed by atoms with Crippen LogP contribution in [0, 0.1) is 6.92 Å². The molecule has 0 saturated heterocycles. The molecule has 1 rings (SSSR count). The van der Waals surface area contributed by atoms with Crippen LogP contribution in [0.4, 0.5) is 13.2 Å². The van der Waals surface area contributed by atoms with Crippen molar-refractivity contribution in [2.24, 2.45) is 0 Å². The molecule has 0 unspecified atom stereocenters. The second-order valence-electron chi connectivity index (χ2n) is 2.47. The van der Waals surface area contributed by atoms with Gasteiger partial charge in [-0.05, 0) is 13.0 Å². The van der Waals surface area contributed by atoms with E-state index in [0.717, 1.165) is 6.07 Å². The smallest absolute Gasteiger partial charge is 0.405 e. The highest BCUT2D eigenvalue weighted by molar-refractivity contribution is 6.32. The Hall–Kier alpha value is -1.22. The average Bonchev–Trinajstić information content (AvgIpc) is 2.30. The van der Waals surface area contributed by atoms with Crippen molar-refractivity contribution in [1.29, 1.82) is 0 Å². The van der Waals surface area contributed by atoms with Gasteiger partial charge >= 0.3 is 13.5 Å². The van der Waals surface area contributed by atoms with E-state index in [1.807, 2.05) is 0 Å². The van der Waals surface area contributed by atoms with Crippen molar-refractivity contribution in [3.8, 4) is 0 Å². The van der Waals surface area contributed by atoms with Crippen molar-refractivity contribution >= 4 is 7.32 Å². The molecule has 14 heavy (non-hydrogen) atoms. The minimum absolute atomic E-state index is 0.00502. The maximum absolute atomic E-state index is 12.1. The van der Waals surface area contributed by atoms with Crippen molar-refractivity contribution in [2.45, 2.75) is 13.1 Å². The van der Waals surface area contributed by atoms with Gasteiger partial charge in [0.05, 0.1) is 5.69 Å². The fourth-order valence-electron chi connectivity index (χ4n) is 0.793. The molecule has 0 fully saturated rings. The Labute approximate surface area is 76.8 Å². The first-order valence-electron chi connectivity index (χ1n) is 3.48. The van der Waals surface area contributed by atoms with Gasteiger partial charge in [-0.1, -0.05) is 0 Å². The molecule has 0 saturated carbocycles. The van der Waals surface area contributed by atoms with Crippen LogP contribution >= 0.6 is 0 Å². The second-order valence-corrected chi connectivity index (χ2v) is 2.47. The maximum Gasteiger partial charge on any atom is 0.729 e. The summed E-state index contributed by atoms with van der Waals surface area (Å²) in [6.07, 6.45) is -4.58. The van der Waals surface area contributed by atoms with Gasteiger partial charge in [-0.25, -0.2) is 0 Å². The lowest BCUT2D eigenvalue weighted by Crippen LogP contribution is -2.31. The van der Waals surface area contributed by atoms with Gasteiger partial charge in [0, 0.05) is 0 Å². The molecule has 0 bridgehead atoms. The summed E-state index contributed by atoms with van der Waals surface area (Å²) in [6.45, 7) is 1.28. The molecule has 0 aliphatic rings. The Morgan fingerprint density at radius 1 is 1.50 bits per heavy atom. The van der Waals surface area contributed by atoms with Gasteiger partial charge < -0.3 is 14.8 Å². The maximum atomic E-state index is 12.1. The summed E-state index contributed by atoms with van der Waals surface area (Å²) >= 11 is 0. The second kappa shape index (κ2) is 3.50. The van der Waals surface area contributed by atoms with Gasteiger partial charge in [-0.3, -0.25) is 0 Å². The van der Waals surface area contributed by atoms with E-state index in [1.54, 1.807) is 0 Å². The first kappa shape index (κ1) is 10.9. The van der Waals surface area contributed by atoms with E-state index in [2.05, 4.69) is 9.85 Å². The summed E-state index contributed by atoms with van der Waals surface area (Å²) in [5, 5.41) is 19.6. The molecule has 1 heterocycles. The van der Waals surface area contributed by atoms with Crippen molar-refractivity contribution in [2.75, 3.05) is 0 Å². The summed E-state index contributed by atoms with van der Waals surface area (Å²) in [5.74, 6) is 0. The van der Waals surface area contributed by atoms with Gasteiger partial charge in [0.25, 0.3) is 0 Å². The summed E-state index contributed by atoms with van der Waals surface area (Å²) in [6, 6.07) is 0.725. The van der Waals surface area contributed by atoms with E-state index in [-0.39, 0.29) is 5.69 Å². The molecule has 0 spiro atoms. The van der Waals surface area contributed by atoms with Gasteiger partial charge in [0.15, 0.2) is 5.69 Å². The zero-order valence-electron chi connectivity index (χ0n) is 6.99. The Bertz CT molecular complexity index is 325. The molecule has 9 heteroatoms. The van der Waals surface area contributed by atoms with E-state index >= 15 is 0 Å².